The van der Waals surface area contributed by atoms with E-state index >= 15 is 0 Å². The lowest BCUT2D eigenvalue weighted by atomic mass is 9.65. The fraction of sp³-hybridized carbons (Fsp3) is 0.667. The SMILES string of the molecule is CC(C)(C)c1ccc(C23CCN(C(=O)[C@@H]4C[C@H]5CCC(=O)NC54)CC2C3)cc1. The Kier molecular flexibility index (Phi) is 3.95. The Morgan fingerprint density at radius 2 is 1.96 bits per heavy atom. The molecule has 1 aromatic carbocycles. The third-order valence-corrected chi connectivity index (χ3v) is 8.02. The summed E-state index contributed by atoms with van der Waals surface area (Å²) >= 11 is 0. The van der Waals surface area contributed by atoms with Crippen molar-refractivity contribution in [1.82, 2.24) is 10.2 Å². The second-order valence-electron chi connectivity index (χ2n) is 10.7. The number of nitrogens with one attached hydrogen (secondary N) is 1. The minimum Gasteiger partial charge on any atom is -0.352 e. The molecule has 5 rings (SSSR count). The van der Waals surface area contributed by atoms with Crippen molar-refractivity contribution in [2.75, 3.05) is 13.1 Å². The Bertz CT molecular complexity index is 809. The molecule has 2 amide bonds. The molecule has 4 heteroatoms. The molecule has 4 aliphatic rings. The van der Waals surface area contributed by atoms with Crippen LogP contribution in [0.15, 0.2) is 24.3 Å². The normalized spacial score (nSPS) is 36.7. The van der Waals surface area contributed by atoms with Gasteiger partial charge in [-0.3, -0.25) is 9.59 Å². The van der Waals surface area contributed by atoms with Gasteiger partial charge in [-0.25, -0.2) is 0 Å². The number of hydrogen-bond acceptors (Lipinski definition) is 2. The lowest BCUT2D eigenvalue weighted by molar-refractivity contribution is -0.146. The highest BCUT2D eigenvalue weighted by molar-refractivity contribution is 5.84. The van der Waals surface area contributed by atoms with E-state index in [1.165, 1.54) is 17.5 Å². The van der Waals surface area contributed by atoms with Gasteiger partial charge in [0.15, 0.2) is 0 Å². The standard InChI is InChI=1S/C24H32N2O2/c1-23(2,3)16-5-7-17(8-6-16)24-10-11-26(14-18(24)13-24)22(28)19-12-15-4-9-20(27)25-21(15)19/h5-8,15,18-19,21H,4,9-14H2,1-3H3,(H,25,27)/t15-,18?,19-,21?,24?/m1/s1. The van der Waals surface area contributed by atoms with E-state index in [2.05, 4.69) is 55.3 Å². The predicted octanol–water partition coefficient (Wildman–Crippen LogP) is 3.39. The molecular formula is C24H32N2O2. The van der Waals surface area contributed by atoms with Crippen molar-refractivity contribution in [3.63, 3.8) is 0 Å². The lowest BCUT2D eigenvalue weighted by Gasteiger charge is -2.48. The molecule has 2 aliphatic heterocycles. The highest BCUT2D eigenvalue weighted by Crippen LogP contribution is 2.59. The van der Waals surface area contributed by atoms with Crippen molar-refractivity contribution >= 4 is 11.8 Å². The molecule has 2 saturated carbocycles. The van der Waals surface area contributed by atoms with Gasteiger partial charge in [0.05, 0.1) is 5.92 Å². The minimum atomic E-state index is 0.0200. The highest BCUT2D eigenvalue weighted by Gasteiger charge is 2.59. The average molecular weight is 381 g/mol. The first kappa shape index (κ1) is 18.2. The molecule has 2 saturated heterocycles. The summed E-state index contributed by atoms with van der Waals surface area (Å²) in [6.07, 6.45) is 4.83. The molecule has 0 spiro atoms. The maximum Gasteiger partial charge on any atom is 0.227 e. The van der Waals surface area contributed by atoms with E-state index in [4.69, 9.17) is 0 Å². The second kappa shape index (κ2) is 6.08. The monoisotopic (exact) mass is 380 g/mol. The van der Waals surface area contributed by atoms with Crippen molar-refractivity contribution in [3.05, 3.63) is 35.4 Å². The summed E-state index contributed by atoms with van der Waals surface area (Å²) in [5.74, 6) is 1.55. The summed E-state index contributed by atoms with van der Waals surface area (Å²) in [6, 6.07) is 9.33. The number of benzene rings is 1. The van der Waals surface area contributed by atoms with Crippen molar-refractivity contribution in [3.8, 4) is 0 Å². The van der Waals surface area contributed by atoms with Crippen molar-refractivity contribution in [1.29, 1.82) is 0 Å². The van der Waals surface area contributed by atoms with Gasteiger partial charge in [-0.05, 0) is 54.1 Å². The number of hydrogen-bond donors (Lipinski definition) is 1. The summed E-state index contributed by atoms with van der Waals surface area (Å²) in [4.78, 5) is 26.9. The van der Waals surface area contributed by atoms with Crippen LogP contribution in [0.5, 0.6) is 0 Å². The molecule has 2 aliphatic carbocycles. The van der Waals surface area contributed by atoms with Crippen LogP contribution in [0, 0.1) is 17.8 Å². The number of carbonyl (C=O) groups is 2. The molecule has 0 bridgehead atoms. The molecule has 4 nitrogen and oxygen atoms in total. The number of carbonyl (C=O) groups excluding carboxylic acids is 2. The zero-order valence-electron chi connectivity index (χ0n) is 17.3. The number of likely N-dealkylation sites (tertiary alicyclic amines) is 1. The fourth-order valence-electron chi connectivity index (χ4n) is 5.95. The molecule has 1 aromatic rings. The van der Waals surface area contributed by atoms with Crippen molar-refractivity contribution < 1.29 is 9.59 Å². The van der Waals surface area contributed by atoms with Crippen LogP contribution in [0.2, 0.25) is 0 Å². The Labute approximate surface area is 168 Å². The van der Waals surface area contributed by atoms with Crippen LogP contribution in [0.1, 0.15) is 64.0 Å². The molecule has 2 heterocycles. The Morgan fingerprint density at radius 1 is 1.21 bits per heavy atom. The van der Waals surface area contributed by atoms with Gasteiger partial charge < -0.3 is 10.2 Å². The third kappa shape index (κ3) is 2.79. The van der Waals surface area contributed by atoms with Gasteiger partial charge in [-0.2, -0.15) is 0 Å². The third-order valence-electron chi connectivity index (χ3n) is 8.02. The van der Waals surface area contributed by atoms with E-state index in [0.717, 1.165) is 32.4 Å². The first-order valence-corrected chi connectivity index (χ1v) is 11.0. The second-order valence-corrected chi connectivity index (χ2v) is 10.7. The quantitative estimate of drug-likeness (QED) is 0.855. The van der Waals surface area contributed by atoms with Gasteiger partial charge in [0, 0.05) is 31.0 Å². The molecule has 0 aromatic heterocycles. The number of fused-ring (bicyclic) bond motifs is 2. The summed E-state index contributed by atoms with van der Waals surface area (Å²) in [5, 5.41) is 3.07. The minimum absolute atomic E-state index is 0.0200. The first-order chi connectivity index (χ1) is 13.3. The van der Waals surface area contributed by atoms with Gasteiger partial charge in [0.2, 0.25) is 11.8 Å². The Hall–Kier alpha value is -1.84. The summed E-state index contributed by atoms with van der Waals surface area (Å²) < 4.78 is 0. The maximum absolute atomic E-state index is 13.1. The molecule has 28 heavy (non-hydrogen) atoms. The van der Waals surface area contributed by atoms with Gasteiger partial charge in [0.25, 0.3) is 0 Å². The molecule has 4 fully saturated rings. The van der Waals surface area contributed by atoms with Crippen LogP contribution in [0.4, 0.5) is 0 Å². The van der Waals surface area contributed by atoms with Gasteiger partial charge in [0.1, 0.15) is 0 Å². The van der Waals surface area contributed by atoms with Gasteiger partial charge in [-0.1, -0.05) is 45.0 Å². The van der Waals surface area contributed by atoms with Crippen LogP contribution < -0.4 is 5.32 Å². The topological polar surface area (TPSA) is 49.4 Å². The van der Waals surface area contributed by atoms with Crippen molar-refractivity contribution in [2.24, 2.45) is 17.8 Å². The molecule has 0 radical (unpaired) electrons. The molecule has 150 valence electrons. The molecular weight excluding hydrogens is 348 g/mol. The van der Waals surface area contributed by atoms with Crippen LogP contribution in [0.25, 0.3) is 0 Å². The van der Waals surface area contributed by atoms with Crippen LogP contribution in [-0.4, -0.2) is 35.8 Å². The van der Waals surface area contributed by atoms with E-state index < -0.39 is 0 Å². The number of rotatable bonds is 2. The molecule has 3 unspecified atom stereocenters. The lowest BCUT2D eigenvalue weighted by Crippen LogP contribution is -2.62. The zero-order valence-corrected chi connectivity index (χ0v) is 17.3. The molecule has 5 atom stereocenters. The zero-order chi connectivity index (χ0) is 19.7. The van der Waals surface area contributed by atoms with E-state index in [1.807, 2.05) is 0 Å². The van der Waals surface area contributed by atoms with E-state index in [1.54, 1.807) is 0 Å². The van der Waals surface area contributed by atoms with E-state index in [0.29, 0.717) is 23.7 Å². The summed E-state index contributed by atoms with van der Waals surface area (Å²) in [7, 11) is 0. The molecule has 1 N–H and O–H groups in total. The number of nitrogens with zero attached hydrogens (tertiary/aromatic N) is 1. The number of piperidine rings is 2. The summed E-state index contributed by atoms with van der Waals surface area (Å²) in [5.41, 5.74) is 3.32. The Balaban J connectivity index is 1.23. The Morgan fingerprint density at radius 3 is 2.64 bits per heavy atom. The van der Waals surface area contributed by atoms with Gasteiger partial charge in [-0.15, -0.1) is 0 Å². The smallest absolute Gasteiger partial charge is 0.227 e. The van der Waals surface area contributed by atoms with Crippen LogP contribution in [0.3, 0.4) is 0 Å². The highest BCUT2D eigenvalue weighted by atomic mass is 16.2. The fourth-order valence-corrected chi connectivity index (χ4v) is 5.95. The van der Waals surface area contributed by atoms with Crippen molar-refractivity contribution in [2.45, 2.75) is 69.7 Å². The largest absolute Gasteiger partial charge is 0.352 e. The van der Waals surface area contributed by atoms with E-state index in [-0.39, 0.29) is 29.2 Å². The predicted molar refractivity (Wildman–Crippen MR) is 109 cm³/mol. The average Bonchev–Trinajstić information content (AvgIpc) is 3.38. The number of amides is 2. The van der Waals surface area contributed by atoms with Gasteiger partial charge >= 0.3 is 0 Å². The maximum atomic E-state index is 13.1. The first-order valence-electron chi connectivity index (χ1n) is 11.0. The van der Waals surface area contributed by atoms with Crippen LogP contribution >= 0.6 is 0 Å². The van der Waals surface area contributed by atoms with E-state index in [9.17, 15) is 9.59 Å². The summed E-state index contributed by atoms with van der Waals surface area (Å²) in [6.45, 7) is 8.51. The van der Waals surface area contributed by atoms with Crippen LogP contribution in [-0.2, 0) is 20.4 Å².